The van der Waals surface area contributed by atoms with Crippen molar-refractivity contribution in [1.29, 1.82) is 0 Å². The summed E-state index contributed by atoms with van der Waals surface area (Å²) >= 11 is 0. The SMILES string of the molecule is COc1ccc2c(c1)C(NC(=O)CN(c1ccccc1F)S(=O)(=O)c1ccc(C)cc1)CC(C)(C)O2. The quantitative estimate of drug-likeness (QED) is 0.494. The zero-order valence-electron chi connectivity index (χ0n) is 20.6. The van der Waals surface area contributed by atoms with Gasteiger partial charge in [0.05, 0.1) is 23.7 Å². The molecule has 0 saturated carbocycles. The molecule has 1 unspecified atom stereocenters. The van der Waals surface area contributed by atoms with Crippen molar-refractivity contribution >= 4 is 21.6 Å². The van der Waals surface area contributed by atoms with Crippen molar-refractivity contribution in [3.8, 4) is 11.5 Å². The molecule has 0 radical (unpaired) electrons. The number of aryl methyl sites for hydroxylation is 1. The fourth-order valence-electron chi connectivity index (χ4n) is 4.25. The highest BCUT2D eigenvalue weighted by Gasteiger charge is 2.36. The molecule has 1 atom stereocenters. The lowest BCUT2D eigenvalue weighted by Gasteiger charge is -2.38. The number of carbonyl (C=O) groups excluding carboxylic acids is 1. The lowest BCUT2D eigenvalue weighted by Crippen LogP contribution is -2.45. The van der Waals surface area contributed by atoms with Crippen LogP contribution in [0.4, 0.5) is 10.1 Å². The maximum absolute atomic E-state index is 14.8. The molecule has 0 aliphatic carbocycles. The lowest BCUT2D eigenvalue weighted by molar-refractivity contribution is -0.120. The van der Waals surface area contributed by atoms with Gasteiger partial charge in [-0.3, -0.25) is 9.10 Å². The van der Waals surface area contributed by atoms with Gasteiger partial charge < -0.3 is 14.8 Å². The van der Waals surface area contributed by atoms with Gasteiger partial charge in [-0.25, -0.2) is 12.8 Å². The van der Waals surface area contributed by atoms with Gasteiger partial charge in [-0.2, -0.15) is 0 Å². The highest BCUT2D eigenvalue weighted by molar-refractivity contribution is 7.92. The smallest absolute Gasteiger partial charge is 0.264 e. The Bertz CT molecular complexity index is 1370. The predicted octanol–water partition coefficient (Wildman–Crippen LogP) is 4.76. The number of carbonyl (C=O) groups is 1. The number of amides is 1. The fraction of sp³-hybridized carbons (Fsp3) is 0.296. The summed E-state index contributed by atoms with van der Waals surface area (Å²) in [5.74, 6) is -0.115. The molecule has 3 aromatic rings. The van der Waals surface area contributed by atoms with Gasteiger partial charge in [-0.05, 0) is 63.2 Å². The largest absolute Gasteiger partial charge is 0.497 e. The van der Waals surface area contributed by atoms with Crippen LogP contribution in [0.5, 0.6) is 11.5 Å². The molecular weight excluding hydrogens is 483 g/mol. The molecule has 0 aromatic heterocycles. The monoisotopic (exact) mass is 512 g/mol. The molecular formula is C27H29FN2O5S. The molecule has 1 aliphatic heterocycles. The van der Waals surface area contributed by atoms with E-state index in [1.54, 1.807) is 37.4 Å². The lowest BCUT2D eigenvalue weighted by atomic mass is 9.89. The second kappa shape index (κ2) is 9.81. The number of halogens is 1. The minimum Gasteiger partial charge on any atom is -0.497 e. The van der Waals surface area contributed by atoms with Gasteiger partial charge in [0, 0.05) is 12.0 Å². The number of nitrogens with one attached hydrogen (secondary N) is 1. The van der Waals surface area contributed by atoms with Crippen LogP contribution in [0, 0.1) is 12.7 Å². The van der Waals surface area contributed by atoms with Crippen LogP contribution in [0.3, 0.4) is 0 Å². The average Bonchev–Trinajstić information content (AvgIpc) is 2.82. The molecule has 1 heterocycles. The standard InChI is InChI=1S/C27H29FN2O5S/c1-18-9-12-20(13-10-18)36(32,33)30(24-8-6-5-7-22(24)28)17-26(31)29-23-16-27(2,3)35-25-14-11-19(34-4)15-21(23)25/h5-15,23H,16-17H2,1-4H3,(H,29,31). The number of para-hydroxylation sites is 1. The average molecular weight is 513 g/mol. The van der Waals surface area contributed by atoms with Crippen molar-refractivity contribution in [2.24, 2.45) is 0 Å². The van der Waals surface area contributed by atoms with Gasteiger partial charge in [-0.15, -0.1) is 0 Å². The van der Waals surface area contributed by atoms with E-state index in [0.717, 1.165) is 21.5 Å². The maximum Gasteiger partial charge on any atom is 0.264 e. The summed E-state index contributed by atoms with van der Waals surface area (Å²) in [6.07, 6.45) is 0.448. The van der Waals surface area contributed by atoms with E-state index in [4.69, 9.17) is 9.47 Å². The molecule has 1 amide bonds. The Morgan fingerprint density at radius 1 is 1.14 bits per heavy atom. The second-order valence-corrected chi connectivity index (χ2v) is 11.2. The summed E-state index contributed by atoms with van der Waals surface area (Å²) in [6.45, 7) is 5.05. The number of benzene rings is 3. The first-order chi connectivity index (χ1) is 17.0. The third kappa shape index (κ3) is 5.31. The normalized spacial score (nSPS) is 16.4. The summed E-state index contributed by atoms with van der Waals surface area (Å²) in [6, 6.07) is 16.6. The first-order valence-electron chi connectivity index (χ1n) is 11.5. The molecule has 4 rings (SSSR count). The molecule has 3 aromatic carbocycles. The summed E-state index contributed by atoms with van der Waals surface area (Å²) in [4.78, 5) is 13.3. The number of sulfonamides is 1. The Labute approximate surface area is 210 Å². The molecule has 0 spiro atoms. The zero-order valence-corrected chi connectivity index (χ0v) is 21.4. The van der Waals surface area contributed by atoms with Gasteiger partial charge in [-0.1, -0.05) is 29.8 Å². The summed E-state index contributed by atoms with van der Waals surface area (Å²) < 4.78 is 54.1. The number of anilines is 1. The van der Waals surface area contributed by atoms with Crippen LogP contribution >= 0.6 is 0 Å². The molecule has 1 aliphatic rings. The number of hydrogen-bond donors (Lipinski definition) is 1. The van der Waals surface area contributed by atoms with E-state index >= 15 is 0 Å². The van der Waals surface area contributed by atoms with Crippen LogP contribution in [0.2, 0.25) is 0 Å². The molecule has 0 fully saturated rings. The Hall–Kier alpha value is -3.59. The van der Waals surface area contributed by atoms with E-state index < -0.39 is 39.9 Å². The molecule has 9 heteroatoms. The van der Waals surface area contributed by atoms with Gasteiger partial charge >= 0.3 is 0 Å². The summed E-state index contributed by atoms with van der Waals surface area (Å²) in [7, 11) is -2.69. The zero-order chi connectivity index (χ0) is 26.1. The third-order valence-corrected chi connectivity index (χ3v) is 7.80. The number of fused-ring (bicyclic) bond motifs is 1. The molecule has 1 N–H and O–H groups in total. The minimum atomic E-state index is -4.24. The fourth-order valence-corrected chi connectivity index (χ4v) is 5.68. The molecule has 190 valence electrons. The van der Waals surface area contributed by atoms with Crippen molar-refractivity contribution in [2.45, 2.75) is 43.7 Å². The van der Waals surface area contributed by atoms with E-state index in [1.807, 2.05) is 20.8 Å². The van der Waals surface area contributed by atoms with Gasteiger partial charge in [0.2, 0.25) is 5.91 Å². The van der Waals surface area contributed by atoms with Crippen molar-refractivity contribution < 1.29 is 27.1 Å². The molecule has 0 saturated heterocycles. The number of nitrogens with zero attached hydrogens (tertiary/aromatic N) is 1. The summed E-state index contributed by atoms with van der Waals surface area (Å²) in [5.41, 5.74) is 0.822. The predicted molar refractivity (Wildman–Crippen MR) is 135 cm³/mol. The molecule has 36 heavy (non-hydrogen) atoms. The third-order valence-electron chi connectivity index (χ3n) is 6.03. The van der Waals surface area contributed by atoms with Crippen LogP contribution in [0.15, 0.2) is 71.6 Å². The van der Waals surface area contributed by atoms with Crippen LogP contribution in [0.25, 0.3) is 0 Å². The van der Waals surface area contributed by atoms with Crippen molar-refractivity contribution in [3.05, 3.63) is 83.7 Å². The summed E-state index contributed by atoms with van der Waals surface area (Å²) in [5, 5.41) is 2.93. The molecule has 0 bridgehead atoms. The Morgan fingerprint density at radius 3 is 2.50 bits per heavy atom. The topological polar surface area (TPSA) is 84.9 Å². The molecule has 7 nitrogen and oxygen atoms in total. The van der Waals surface area contributed by atoms with Crippen LogP contribution in [-0.4, -0.2) is 33.6 Å². The number of methoxy groups -OCH3 is 1. The van der Waals surface area contributed by atoms with E-state index in [0.29, 0.717) is 17.9 Å². The Kier molecular flexibility index (Phi) is 6.95. The number of rotatable bonds is 7. The van der Waals surface area contributed by atoms with E-state index in [-0.39, 0.29) is 10.6 Å². The van der Waals surface area contributed by atoms with E-state index in [9.17, 15) is 17.6 Å². The van der Waals surface area contributed by atoms with Gasteiger partial charge in [0.15, 0.2) is 0 Å². The first kappa shape index (κ1) is 25.5. The second-order valence-electron chi connectivity index (χ2n) is 9.37. The minimum absolute atomic E-state index is 0.0357. The van der Waals surface area contributed by atoms with E-state index in [1.165, 1.54) is 30.3 Å². The number of hydrogen-bond acceptors (Lipinski definition) is 5. The van der Waals surface area contributed by atoms with Crippen molar-refractivity contribution in [1.82, 2.24) is 5.32 Å². The Balaban J connectivity index is 1.67. The Morgan fingerprint density at radius 2 is 1.83 bits per heavy atom. The van der Waals surface area contributed by atoms with Gasteiger partial charge in [0.1, 0.15) is 29.5 Å². The van der Waals surface area contributed by atoms with Crippen LogP contribution in [0.1, 0.15) is 37.4 Å². The van der Waals surface area contributed by atoms with Gasteiger partial charge in [0.25, 0.3) is 10.0 Å². The van der Waals surface area contributed by atoms with Crippen molar-refractivity contribution in [3.63, 3.8) is 0 Å². The first-order valence-corrected chi connectivity index (χ1v) is 12.9. The van der Waals surface area contributed by atoms with Crippen LogP contribution < -0.4 is 19.1 Å². The van der Waals surface area contributed by atoms with Crippen LogP contribution in [-0.2, 0) is 14.8 Å². The van der Waals surface area contributed by atoms with Crippen molar-refractivity contribution in [2.75, 3.05) is 18.0 Å². The number of ether oxygens (including phenoxy) is 2. The van der Waals surface area contributed by atoms with E-state index in [2.05, 4.69) is 5.32 Å². The highest BCUT2D eigenvalue weighted by Crippen LogP contribution is 2.41. The highest BCUT2D eigenvalue weighted by atomic mass is 32.2. The maximum atomic E-state index is 14.8.